The van der Waals surface area contributed by atoms with E-state index in [9.17, 15) is 0 Å². The second-order valence-electron chi connectivity index (χ2n) is 5.36. The predicted molar refractivity (Wildman–Crippen MR) is 73.8 cm³/mol. The van der Waals surface area contributed by atoms with Gasteiger partial charge < -0.3 is 9.88 Å². The molecular formula is C15H22N3+. The number of nitrogens with one attached hydrogen (secondary N) is 2. The minimum Gasteiger partial charge on any atom is -0.342 e. The number of hydrogen-bond donors (Lipinski definition) is 2. The zero-order chi connectivity index (χ0) is 12.2. The van der Waals surface area contributed by atoms with Gasteiger partial charge in [-0.25, -0.2) is 4.98 Å². The first-order valence-corrected chi connectivity index (χ1v) is 7.19. The van der Waals surface area contributed by atoms with Crippen LogP contribution in [-0.4, -0.2) is 29.6 Å². The number of para-hydroxylation sites is 2. The number of hydrogen-bond acceptors (Lipinski definition) is 1. The summed E-state index contributed by atoms with van der Waals surface area (Å²) < 4.78 is 0. The molecule has 96 valence electrons. The number of quaternary nitrogens is 1. The molecule has 2 N–H and O–H groups in total. The number of aryl methyl sites for hydroxylation is 1. The van der Waals surface area contributed by atoms with Gasteiger partial charge in [0.25, 0.3) is 0 Å². The highest BCUT2D eigenvalue weighted by molar-refractivity contribution is 5.74. The first kappa shape index (κ1) is 11.7. The lowest BCUT2D eigenvalue weighted by Gasteiger charge is -2.23. The molecule has 0 spiro atoms. The highest BCUT2D eigenvalue weighted by atomic mass is 15.1. The van der Waals surface area contributed by atoms with Crippen molar-refractivity contribution >= 4 is 11.0 Å². The predicted octanol–water partition coefficient (Wildman–Crippen LogP) is 1.56. The molecule has 0 bridgehead atoms. The van der Waals surface area contributed by atoms with E-state index in [1.165, 1.54) is 45.3 Å². The average Bonchev–Trinajstić information content (AvgIpc) is 2.82. The fourth-order valence-corrected chi connectivity index (χ4v) is 2.93. The van der Waals surface area contributed by atoms with Gasteiger partial charge >= 0.3 is 0 Å². The molecule has 1 aromatic carbocycles. The molecule has 0 unspecified atom stereocenters. The highest BCUT2D eigenvalue weighted by Crippen LogP contribution is 2.10. The van der Waals surface area contributed by atoms with Crippen molar-refractivity contribution in [2.75, 3.05) is 19.6 Å². The van der Waals surface area contributed by atoms with Crippen molar-refractivity contribution < 1.29 is 4.90 Å². The summed E-state index contributed by atoms with van der Waals surface area (Å²) in [7, 11) is 0. The van der Waals surface area contributed by atoms with Gasteiger partial charge in [0.1, 0.15) is 5.82 Å². The van der Waals surface area contributed by atoms with Crippen LogP contribution in [-0.2, 0) is 6.42 Å². The molecule has 1 fully saturated rings. The summed E-state index contributed by atoms with van der Waals surface area (Å²) in [6.07, 6.45) is 6.60. The molecule has 18 heavy (non-hydrogen) atoms. The molecule has 1 aromatic heterocycles. The van der Waals surface area contributed by atoms with Crippen molar-refractivity contribution in [3.8, 4) is 0 Å². The molecule has 1 aliphatic rings. The Labute approximate surface area is 108 Å². The molecule has 3 nitrogen and oxygen atoms in total. The number of H-pyrrole nitrogens is 1. The first-order valence-electron chi connectivity index (χ1n) is 7.19. The topological polar surface area (TPSA) is 33.1 Å². The molecule has 0 aliphatic carbocycles. The lowest BCUT2D eigenvalue weighted by Crippen LogP contribution is -3.12. The van der Waals surface area contributed by atoms with Gasteiger partial charge in [-0.1, -0.05) is 12.1 Å². The summed E-state index contributed by atoms with van der Waals surface area (Å²) in [5.41, 5.74) is 2.26. The second kappa shape index (κ2) is 5.53. The van der Waals surface area contributed by atoms with Crippen LogP contribution in [0.15, 0.2) is 24.3 Å². The van der Waals surface area contributed by atoms with Gasteiger partial charge in [-0.2, -0.15) is 0 Å². The molecule has 1 aliphatic heterocycles. The summed E-state index contributed by atoms with van der Waals surface area (Å²) >= 11 is 0. The Kier molecular flexibility index (Phi) is 3.60. The summed E-state index contributed by atoms with van der Waals surface area (Å²) in [5, 5.41) is 0. The van der Waals surface area contributed by atoms with Crippen LogP contribution in [0.1, 0.15) is 31.5 Å². The van der Waals surface area contributed by atoms with E-state index in [1.807, 2.05) is 6.07 Å². The Hall–Kier alpha value is -1.35. The molecule has 0 amide bonds. The van der Waals surface area contributed by atoms with E-state index in [1.54, 1.807) is 4.90 Å². The second-order valence-corrected chi connectivity index (χ2v) is 5.36. The molecule has 0 radical (unpaired) electrons. The number of aromatic amines is 1. The van der Waals surface area contributed by atoms with Crippen molar-refractivity contribution in [3.05, 3.63) is 30.1 Å². The lowest BCUT2D eigenvalue weighted by molar-refractivity contribution is -0.905. The van der Waals surface area contributed by atoms with Gasteiger partial charge in [-0.3, -0.25) is 0 Å². The fourth-order valence-electron chi connectivity index (χ4n) is 2.93. The molecule has 2 heterocycles. The quantitative estimate of drug-likeness (QED) is 0.841. The van der Waals surface area contributed by atoms with Crippen LogP contribution in [0.25, 0.3) is 11.0 Å². The zero-order valence-corrected chi connectivity index (χ0v) is 10.9. The van der Waals surface area contributed by atoms with Crippen LogP contribution in [0.3, 0.4) is 0 Å². The third kappa shape index (κ3) is 2.72. The van der Waals surface area contributed by atoms with Crippen molar-refractivity contribution in [1.82, 2.24) is 9.97 Å². The number of benzene rings is 1. The number of aromatic nitrogens is 2. The molecule has 0 atom stereocenters. The molecular weight excluding hydrogens is 222 g/mol. The van der Waals surface area contributed by atoms with Crippen LogP contribution in [0.5, 0.6) is 0 Å². The van der Waals surface area contributed by atoms with Crippen LogP contribution >= 0.6 is 0 Å². The molecule has 0 saturated carbocycles. The van der Waals surface area contributed by atoms with Crippen molar-refractivity contribution in [3.63, 3.8) is 0 Å². The Morgan fingerprint density at radius 1 is 1.11 bits per heavy atom. The largest absolute Gasteiger partial charge is 0.342 e. The van der Waals surface area contributed by atoms with Crippen molar-refractivity contribution in [1.29, 1.82) is 0 Å². The van der Waals surface area contributed by atoms with Gasteiger partial charge in [-0.05, 0) is 31.4 Å². The van der Waals surface area contributed by atoms with Gasteiger partial charge in [-0.15, -0.1) is 0 Å². The summed E-state index contributed by atoms with van der Waals surface area (Å²) in [6, 6.07) is 8.28. The normalized spacial score (nSPS) is 17.3. The maximum absolute atomic E-state index is 4.63. The summed E-state index contributed by atoms with van der Waals surface area (Å²) in [5.74, 6) is 1.15. The number of fused-ring (bicyclic) bond motifs is 1. The standard InChI is InChI=1S/C15H21N3/c1-4-10-18(11-5-1)12-6-9-15-16-13-7-2-3-8-14(13)17-15/h2-3,7-8H,1,4-6,9-12H2,(H,16,17)/p+1. The summed E-state index contributed by atoms with van der Waals surface area (Å²) in [6.45, 7) is 4.05. The third-order valence-electron chi connectivity index (χ3n) is 3.94. The minimum absolute atomic E-state index is 1.08. The first-order chi connectivity index (χ1) is 8.92. The maximum Gasteiger partial charge on any atom is 0.107 e. The van der Waals surface area contributed by atoms with E-state index >= 15 is 0 Å². The maximum atomic E-state index is 4.63. The Bertz CT molecular complexity index is 464. The average molecular weight is 244 g/mol. The zero-order valence-electron chi connectivity index (χ0n) is 10.9. The van der Waals surface area contributed by atoms with Crippen molar-refractivity contribution in [2.24, 2.45) is 0 Å². The summed E-state index contributed by atoms with van der Waals surface area (Å²) in [4.78, 5) is 9.83. The van der Waals surface area contributed by atoms with Crippen LogP contribution in [0, 0.1) is 0 Å². The van der Waals surface area contributed by atoms with Crippen LogP contribution < -0.4 is 4.90 Å². The van der Waals surface area contributed by atoms with E-state index in [0.717, 1.165) is 23.3 Å². The van der Waals surface area contributed by atoms with E-state index < -0.39 is 0 Å². The minimum atomic E-state index is 1.08. The lowest BCUT2D eigenvalue weighted by atomic mass is 10.1. The number of rotatable bonds is 4. The number of nitrogens with zero attached hydrogens (tertiary/aromatic N) is 1. The fraction of sp³-hybridized carbons (Fsp3) is 0.533. The van der Waals surface area contributed by atoms with E-state index in [0.29, 0.717) is 0 Å². The van der Waals surface area contributed by atoms with E-state index in [4.69, 9.17) is 0 Å². The molecule has 2 aromatic rings. The Morgan fingerprint density at radius 3 is 2.78 bits per heavy atom. The van der Waals surface area contributed by atoms with Gasteiger partial charge in [0, 0.05) is 12.8 Å². The van der Waals surface area contributed by atoms with Gasteiger partial charge in [0.2, 0.25) is 0 Å². The van der Waals surface area contributed by atoms with Crippen molar-refractivity contribution in [2.45, 2.75) is 32.1 Å². The number of piperidine rings is 1. The van der Waals surface area contributed by atoms with Gasteiger partial charge in [0.15, 0.2) is 0 Å². The Morgan fingerprint density at radius 2 is 1.94 bits per heavy atom. The van der Waals surface area contributed by atoms with Crippen LogP contribution in [0.2, 0.25) is 0 Å². The number of imidazole rings is 1. The molecule has 1 saturated heterocycles. The smallest absolute Gasteiger partial charge is 0.107 e. The third-order valence-corrected chi connectivity index (χ3v) is 3.94. The van der Waals surface area contributed by atoms with Crippen LogP contribution in [0.4, 0.5) is 0 Å². The SMILES string of the molecule is c1ccc2[nH]c(CCC[NH+]3CCCCC3)nc2c1. The van der Waals surface area contributed by atoms with E-state index in [-0.39, 0.29) is 0 Å². The highest BCUT2D eigenvalue weighted by Gasteiger charge is 2.13. The number of likely N-dealkylation sites (tertiary alicyclic amines) is 1. The van der Waals surface area contributed by atoms with Gasteiger partial charge in [0.05, 0.1) is 30.7 Å². The van der Waals surface area contributed by atoms with E-state index in [2.05, 4.69) is 28.2 Å². The molecule has 3 heteroatoms. The molecule has 3 rings (SSSR count). The monoisotopic (exact) mass is 244 g/mol. The Balaban J connectivity index is 1.53.